The summed E-state index contributed by atoms with van der Waals surface area (Å²) in [5.41, 5.74) is 2.16. The van der Waals surface area contributed by atoms with E-state index in [4.69, 9.17) is 4.74 Å². The van der Waals surface area contributed by atoms with E-state index in [1.807, 2.05) is 30.5 Å². The van der Waals surface area contributed by atoms with Gasteiger partial charge in [0.1, 0.15) is 11.6 Å². The maximum absolute atomic E-state index is 12.4. The zero-order valence-corrected chi connectivity index (χ0v) is 19.1. The first kappa shape index (κ1) is 22.8. The summed E-state index contributed by atoms with van der Waals surface area (Å²) < 4.78 is 33.4. The minimum atomic E-state index is -3.53. The number of fused-ring (bicyclic) bond motifs is 1. The molecule has 0 aliphatic rings. The number of hydrogen-bond donors (Lipinski definition) is 1. The minimum Gasteiger partial charge on any atom is -0.494 e. The van der Waals surface area contributed by atoms with Gasteiger partial charge in [-0.2, -0.15) is 0 Å². The molecule has 0 saturated heterocycles. The first-order chi connectivity index (χ1) is 14.8. The third-order valence-corrected chi connectivity index (χ3v) is 6.73. The summed E-state index contributed by atoms with van der Waals surface area (Å²) in [5.74, 6) is 1.39. The van der Waals surface area contributed by atoms with Crippen molar-refractivity contribution in [2.45, 2.75) is 38.1 Å². The van der Waals surface area contributed by atoms with Crippen molar-refractivity contribution in [1.82, 2.24) is 13.9 Å². The molecule has 3 rings (SSSR count). The first-order valence-electron chi connectivity index (χ1n) is 10.2. The predicted octanol–water partition coefficient (Wildman–Crippen LogP) is 3.28. The fraction of sp³-hybridized carbons (Fsp3) is 0.364. The van der Waals surface area contributed by atoms with Crippen molar-refractivity contribution >= 4 is 32.7 Å². The topological polar surface area (TPSA) is 93.5 Å². The minimum absolute atomic E-state index is 0.116. The molecule has 1 aromatic heterocycles. The van der Waals surface area contributed by atoms with Gasteiger partial charge in [0.05, 0.1) is 22.5 Å². The number of aryl methyl sites for hydroxylation is 2. The lowest BCUT2D eigenvalue weighted by Gasteiger charge is -2.11. The zero-order valence-electron chi connectivity index (χ0n) is 18.3. The van der Waals surface area contributed by atoms with E-state index in [-0.39, 0.29) is 17.2 Å². The molecule has 0 saturated carbocycles. The maximum Gasteiger partial charge on any atom is 0.242 e. The molecule has 0 atom stereocenters. The summed E-state index contributed by atoms with van der Waals surface area (Å²) in [6.45, 7) is 5.18. The van der Waals surface area contributed by atoms with E-state index >= 15 is 0 Å². The summed E-state index contributed by atoms with van der Waals surface area (Å²) >= 11 is 0. The van der Waals surface area contributed by atoms with Crippen molar-refractivity contribution in [3.8, 4) is 5.75 Å². The van der Waals surface area contributed by atoms with Gasteiger partial charge in [-0.05, 0) is 56.3 Å². The number of sulfonamides is 1. The summed E-state index contributed by atoms with van der Waals surface area (Å²) in [4.78, 5) is 17.2. The number of anilines is 1. The molecule has 166 valence electrons. The summed E-state index contributed by atoms with van der Waals surface area (Å²) in [5, 5.41) is 2.88. The van der Waals surface area contributed by atoms with E-state index in [9.17, 15) is 13.2 Å². The van der Waals surface area contributed by atoms with Crippen molar-refractivity contribution in [3.05, 3.63) is 48.3 Å². The van der Waals surface area contributed by atoms with E-state index in [0.717, 1.165) is 17.1 Å². The molecule has 0 spiro atoms. The molecule has 9 heteroatoms. The Morgan fingerprint density at radius 3 is 2.45 bits per heavy atom. The molecule has 0 bridgehead atoms. The van der Waals surface area contributed by atoms with Crippen LogP contribution < -0.4 is 10.1 Å². The number of nitrogens with one attached hydrogen (secondary N) is 1. The molecule has 2 aromatic carbocycles. The number of nitrogens with zero attached hydrogens (tertiary/aromatic N) is 3. The third kappa shape index (κ3) is 5.05. The highest BCUT2D eigenvalue weighted by atomic mass is 32.2. The number of amides is 1. The van der Waals surface area contributed by atoms with E-state index < -0.39 is 10.0 Å². The van der Waals surface area contributed by atoms with Gasteiger partial charge in [-0.15, -0.1) is 0 Å². The summed E-state index contributed by atoms with van der Waals surface area (Å²) in [6.07, 6.45) is 0.709. The molecule has 0 unspecified atom stereocenters. The molecular formula is C22H28N4O4S. The lowest BCUT2D eigenvalue weighted by atomic mass is 10.2. The number of aromatic nitrogens is 2. The average Bonchev–Trinajstić information content (AvgIpc) is 3.10. The van der Waals surface area contributed by atoms with Crippen LogP contribution in [0.25, 0.3) is 11.0 Å². The van der Waals surface area contributed by atoms with Crippen molar-refractivity contribution in [2.24, 2.45) is 0 Å². The molecule has 31 heavy (non-hydrogen) atoms. The lowest BCUT2D eigenvalue weighted by Crippen LogP contribution is -2.22. The van der Waals surface area contributed by atoms with E-state index in [0.29, 0.717) is 30.8 Å². The van der Waals surface area contributed by atoms with Crippen molar-refractivity contribution in [2.75, 3.05) is 26.0 Å². The van der Waals surface area contributed by atoms with Crippen LogP contribution >= 0.6 is 0 Å². The van der Waals surface area contributed by atoms with Crippen molar-refractivity contribution in [1.29, 1.82) is 0 Å². The van der Waals surface area contributed by atoms with Gasteiger partial charge in [-0.3, -0.25) is 4.79 Å². The van der Waals surface area contributed by atoms with Crippen molar-refractivity contribution < 1.29 is 17.9 Å². The van der Waals surface area contributed by atoms with Gasteiger partial charge in [0, 0.05) is 39.2 Å². The van der Waals surface area contributed by atoms with Crippen LogP contribution in [0.5, 0.6) is 5.75 Å². The van der Waals surface area contributed by atoms with Gasteiger partial charge in [0.25, 0.3) is 0 Å². The second-order valence-corrected chi connectivity index (χ2v) is 9.37. The quantitative estimate of drug-likeness (QED) is 0.547. The highest BCUT2D eigenvalue weighted by Crippen LogP contribution is 2.23. The first-order valence-corrected chi connectivity index (χ1v) is 11.6. The monoisotopic (exact) mass is 444 g/mol. The van der Waals surface area contributed by atoms with Gasteiger partial charge in [-0.1, -0.05) is 0 Å². The second-order valence-electron chi connectivity index (χ2n) is 7.22. The van der Waals surface area contributed by atoms with Crippen LogP contribution in [0, 0.1) is 0 Å². The number of carbonyl (C=O) groups excluding carboxylic acids is 1. The van der Waals surface area contributed by atoms with Crippen LogP contribution in [0.3, 0.4) is 0 Å². The number of ether oxygens (including phenoxy) is 1. The molecule has 3 aromatic rings. The van der Waals surface area contributed by atoms with Crippen LogP contribution in [-0.4, -0.2) is 48.9 Å². The molecular weight excluding hydrogens is 416 g/mol. The normalized spacial score (nSPS) is 11.8. The molecule has 8 nitrogen and oxygen atoms in total. The number of hydrogen-bond acceptors (Lipinski definition) is 5. The summed E-state index contributed by atoms with van der Waals surface area (Å²) in [7, 11) is -0.538. The standard InChI is InChI=1S/C22H28N4O4S/c1-5-26-20-12-11-18(31(28,29)25(3)4)15-19(20)24-21(26)13-14-22(27)23-16-7-9-17(10-8-16)30-6-2/h7-12,15H,5-6,13-14H2,1-4H3,(H,23,27). The Kier molecular flexibility index (Phi) is 6.97. The Labute approximate surface area is 182 Å². The van der Waals surface area contributed by atoms with Gasteiger partial charge in [-0.25, -0.2) is 17.7 Å². The molecule has 0 aliphatic heterocycles. The average molecular weight is 445 g/mol. The number of imidazole rings is 1. The van der Waals surface area contributed by atoms with Crippen LogP contribution in [0.15, 0.2) is 47.4 Å². The molecule has 1 N–H and O–H groups in total. The zero-order chi connectivity index (χ0) is 22.6. The number of carbonyl (C=O) groups is 1. The van der Waals surface area contributed by atoms with Gasteiger partial charge in [0.2, 0.25) is 15.9 Å². The van der Waals surface area contributed by atoms with Crippen LogP contribution in [0.1, 0.15) is 26.1 Å². The smallest absolute Gasteiger partial charge is 0.242 e. The summed E-state index contributed by atoms with van der Waals surface area (Å²) in [6, 6.07) is 12.2. The molecule has 0 fully saturated rings. The van der Waals surface area contributed by atoms with E-state index in [1.54, 1.807) is 30.3 Å². The van der Waals surface area contributed by atoms with Gasteiger partial charge < -0.3 is 14.6 Å². The van der Waals surface area contributed by atoms with Crippen LogP contribution in [0.2, 0.25) is 0 Å². The number of rotatable bonds is 9. The predicted molar refractivity (Wildman–Crippen MR) is 121 cm³/mol. The lowest BCUT2D eigenvalue weighted by molar-refractivity contribution is -0.116. The Bertz CT molecular complexity index is 1170. The fourth-order valence-corrected chi connectivity index (χ4v) is 4.25. The Hall–Kier alpha value is -2.91. The highest BCUT2D eigenvalue weighted by Gasteiger charge is 2.19. The van der Waals surface area contributed by atoms with Gasteiger partial charge >= 0.3 is 0 Å². The maximum atomic E-state index is 12.4. The molecule has 0 radical (unpaired) electrons. The molecule has 1 amide bonds. The van der Waals surface area contributed by atoms with Crippen LogP contribution in [-0.2, 0) is 27.8 Å². The SMILES string of the molecule is CCOc1ccc(NC(=O)CCc2nc3cc(S(=O)(=O)N(C)C)ccc3n2CC)cc1. The Morgan fingerprint density at radius 1 is 1.13 bits per heavy atom. The Morgan fingerprint density at radius 2 is 1.84 bits per heavy atom. The largest absolute Gasteiger partial charge is 0.494 e. The molecule has 0 aliphatic carbocycles. The Balaban J connectivity index is 1.74. The van der Waals surface area contributed by atoms with E-state index in [1.165, 1.54) is 18.4 Å². The number of benzene rings is 2. The van der Waals surface area contributed by atoms with Gasteiger partial charge in [0.15, 0.2) is 0 Å². The third-order valence-electron chi connectivity index (χ3n) is 4.92. The van der Waals surface area contributed by atoms with Crippen LogP contribution in [0.4, 0.5) is 5.69 Å². The van der Waals surface area contributed by atoms with E-state index in [2.05, 4.69) is 10.3 Å². The second kappa shape index (κ2) is 9.49. The van der Waals surface area contributed by atoms with Crippen molar-refractivity contribution in [3.63, 3.8) is 0 Å². The highest BCUT2D eigenvalue weighted by molar-refractivity contribution is 7.89. The fourth-order valence-electron chi connectivity index (χ4n) is 3.32. The molecule has 1 heterocycles.